The van der Waals surface area contributed by atoms with Gasteiger partial charge >= 0.3 is 6.09 Å². The molecule has 2 rings (SSSR count). The molecule has 1 saturated heterocycles. The van der Waals surface area contributed by atoms with Crippen LogP contribution in [0.4, 0.5) is 4.79 Å². The van der Waals surface area contributed by atoms with Gasteiger partial charge in [-0.15, -0.1) is 11.6 Å². The van der Waals surface area contributed by atoms with Gasteiger partial charge in [0.2, 0.25) is 0 Å². The molecule has 1 amide bonds. The number of likely N-dealkylation sites (tertiary alicyclic amines) is 1. The number of carbonyl (C=O) groups is 1. The first-order chi connectivity index (χ1) is 10.8. The van der Waals surface area contributed by atoms with Crippen molar-refractivity contribution in [1.29, 1.82) is 0 Å². The molecule has 1 aromatic heterocycles. The highest BCUT2D eigenvalue weighted by atomic mass is 35.5. The molecule has 23 heavy (non-hydrogen) atoms. The summed E-state index contributed by atoms with van der Waals surface area (Å²) in [6.07, 6.45) is 4.88. The van der Waals surface area contributed by atoms with Gasteiger partial charge < -0.3 is 14.4 Å². The molecule has 0 N–H and O–H groups in total. The fourth-order valence-corrected chi connectivity index (χ4v) is 3.16. The molecule has 2 heterocycles. The molecular weight excluding hydrogens is 316 g/mol. The van der Waals surface area contributed by atoms with Crippen molar-refractivity contribution in [2.45, 2.75) is 44.6 Å². The lowest BCUT2D eigenvalue weighted by atomic mass is 9.90. The Hall–Kier alpha value is -1.49. The summed E-state index contributed by atoms with van der Waals surface area (Å²) in [5.74, 6) is 1.04. The maximum Gasteiger partial charge on any atom is 0.410 e. The Morgan fingerprint density at radius 1 is 1.39 bits per heavy atom. The average Bonchev–Trinajstić information content (AvgIpc) is 2.52. The predicted octanol–water partition coefficient (Wildman–Crippen LogP) is 4.02. The summed E-state index contributed by atoms with van der Waals surface area (Å²) in [6, 6.07) is 1.82. The standard InChI is InChI=1S/C17H25ClN2O3/c1-17(2,3)23-16(21)20-9-6-12(7-10-20)15(18)13-11-19-8-5-14(13)22-4/h5,8,11-12,15H,6-7,9-10H2,1-4H3. The van der Waals surface area contributed by atoms with E-state index in [0.29, 0.717) is 13.1 Å². The number of alkyl halides is 1. The minimum absolute atomic E-state index is 0.167. The van der Waals surface area contributed by atoms with E-state index in [0.717, 1.165) is 24.2 Å². The van der Waals surface area contributed by atoms with Gasteiger partial charge in [0.15, 0.2) is 0 Å². The maximum atomic E-state index is 12.1. The molecule has 0 aliphatic carbocycles. The molecule has 1 aliphatic rings. The first-order valence-electron chi connectivity index (χ1n) is 7.91. The molecule has 0 saturated carbocycles. The molecule has 0 spiro atoms. The number of ether oxygens (including phenoxy) is 2. The normalized spacial score (nSPS) is 17.7. The van der Waals surface area contributed by atoms with Crippen molar-refractivity contribution in [1.82, 2.24) is 9.88 Å². The molecular formula is C17H25ClN2O3. The summed E-state index contributed by atoms with van der Waals surface area (Å²) in [4.78, 5) is 18.0. The summed E-state index contributed by atoms with van der Waals surface area (Å²) in [5, 5.41) is -0.167. The molecule has 0 bridgehead atoms. The van der Waals surface area contributed by atoms with E-state index in [2.05, 4.69) is 4.98 Å². The van der Waals surface area contributed by atoms with Gasteiger partial charge in [-0.05, 0) is 45.6 Å². The second kappa shape index (κ2) is 7.39. The van der Waals surface area contributed by atoms with Gasteiger partial charge in [-0.25, -0.2) is 4.79 Å². The van der Waals surface area contributed by atoms with Gasteiger partial charge in [-0.1, -0.05) is 0 Å². The van der Waals surface area contributed by atoms with Crippen molar-refractivity contribution in [3.05, 3.63) is 24.0 Å². The Bertz CT molecular complexity index is 537. The smallest absolute Gasteiger partial charge is 0.410 e. The number of piperidine rings is 1. The van der Waals surface area contributed by atoms with Crippen LogP contribution in [0.3, 0.4) is 0 Å². The van der Waals surface area contributed by atoms with Crippen molar-refractivity contribution in [2.75, 3.05) is 20.2 Å². The summed E-state index contributed by atoms with van der Waals surface area (Å²) in [7, 11) is 1.63. The lowest BCUT2D eigenvalue weighted by molar-refractivity contribution is 0.0182. The van der Waals surface area contributed by atoms with Crippen LogP contribution in [0.25, 0.3) is 0 Å². The number of methoxy groups -OCH3 is 1. The number of pyridine rings is 1. The highest BCUT2D eigenvalue weighted by molar-refractivity contribution is 6.21. The number of hydrogen-bond donors (Lipinski definition) is 0. The Kier molecular flexibility index (Phi) is 5.74. The fourth-order valence-electron chi connectivity index (χ4n) is 2.74. The summed E-state index contributed by atoms with van der Waals surface area (Å²) in [6.45, 7) is 6.94. The number of rotatable bonds is 3. The zero-order chi connectivity index (χ0) is 17.0. The Labute approximate surface area is 142 Å². The second-order valence-electron chi connectivity index (χ2n) is 6.82. The number of hydrogen-bond acceptors (Lipinski definition) is 4. The number of amides is 1. The van der Waals surface area contributed by atoms with Crippen LogP contribution in [0.2, 0.25) is 0 Å². The third-order valence-electron chi connectivity index (χ3n) is 3.93. The summed E-state index contributed by atoms with van der Waals surface area (Å²) in [5.41, 5.74) is 0.443. The first-order valence-corrected chi connectivity index (χ1v) is 8.35. The molecule has 1 atom stereocenters. The van der Waals surface area contributed by atoms with Crippen LogP contribution in [0, 0.1) is 5.92 Å². The van der Waals surface area contributed by atoms with Crippen LogP contribution < -0.4 is 4.74 Å². The van der Waals surface area contributed by atoms with Gasteiger partial charge in [-0.3, -0.25) is 4.98 Å². The third kappa shape index (κ3) is 4.74. The van der Waals surface area contributed by atoms with Crippen molar-refractivity contribution in [2.24, 2.45) is 5.92 Å². The third-order valence-corrected chi connectivity index (χ3v) is 4.52. The molecule has 0 aromatic carbocycles. The second-order valence-corrected chi connectivity index (χ2v) is 7.29. The van der Waals surface area contributed by atoms with Gasteiger partial charge in [0.05, 0.1) is 12.5 Å². The lowest BCUT2D eigenvalue weighted by Gasteiger charge is -2.35. The van der Waals surface area contributed by atoms with Gasteiger partial charge in [-0.2, -0.15) is 0 Å². The van der Waals surface area contributed by atoms with E-state index in [1.165, 1.54) is 0 Å². The van der Waals surface area contributed by atoms with Crippen LogP contribution in [-0.4, -0.2) is 41.8 Å². The topological polar surface area (TPSA) is 51.7 Å². The largest absolute Gasteiger partial charge is 0.496 e. The Balaban J connectivity index is 1.95. The Morgan fingerprint density at radius 3 is 2.61 bits per heavy atom. The van der Waals surface area contributed by atoms with E-state index in [4.69, 9.17) is 21.1 Å². The zero-order valence-corrected chi connectivity index (χ0v) is 15.0. The van der Waals surface area contributed by atoms with E-state index in [-0.39, 0.29) is 17.4 Å². The zero-order valence-electron chi connectivity index (χ0n) is 14.2. The molecule has 1 fully saturated rings. The first kappa shape index (κ1) is 17.9. The number of nitrogens with zero attached hydrogens (tertiary/aromatic N) is 2. The number of aromatic nitrogens is 1. The molecule has 6 heteroatoms. The van der Waals surface area contributed by atoms with E-state index in [1.54, 1.807) is 24.4 Å². The van der Waals surface area contributed by atoms with Gasteiger partial charge in [0.25, 0.3) is 0 Å². The van der Waals surface area contributed by atoms with Gasteiger partial charge in [0, 0.05) is 31.0 Å². The van der Waals surface area contributed by atoms with Crippen LogP contribution in [0.5, 0.6) is 5.75 Å². The predicted molar refractivity (Wildman–Crippen MR) is 89.9 cm³/mol. The van der Waals surface area contributed by atoms with Crippen molar-refractivity contribution in [3.63, 3.8) is 0 Å². The summed E-state index contributed by atoms with van der Waals surface area (Å²) >= 11 is 6.65. The van der Waals surface area contributed by atoms with Crippen LogP contribution in [0.15, 0.2) is 18.5 Å². The monoisotopic (exact) mass is 340 g/mol. The van der Waals surface area contributed by atoms with E-state index in [1.807, 2.05) is 26.8 Å². The lowest BCUT2D eigenvalue weighted by Crippen LogP contribution is -2.42. The van der Waals surface area contributed by atoms with E-state index >= 15 is 0 Å². The van der Waals surface area contributed by atoms with Gasteiger partial charge in [0.1, 0.15) is 11.4 Å². The summed E-state index contributed by atoms with van der Waals surface area (Å²) < 4.78 is 10.8. The molecule has 0 radical (unpaired) electrons. The van der Waals surface area contributed by atoms with Crippen LogP contribution >= 0.6 is 11.6 Å². The number of halogens is 1. The minimum atomic E-state index is -0.466. The minimum Gasteiger partial charge on any atom is -0.496 e. The Morgan fingerprint density at radius 2 is 2.04 bits per heavy atom. The molecule has 128 valence electrons. The van der Waals surface area contributed by atoms with Crippen molar-refractivity contribution in [3.8, 4) is 5.75 Å². The molecule has 1 aliphatic heterocycles. The highest BCUT2D eigenvalue weighted by Crippen LogP contribution is 2.39. The highest BCUT2D eigenvalue weighted by Gasteiger charge is 2.31. The molecule has 1 unspecified atom stereocenters. The molecule has 1 aromatic rings. The van der Waals surface area contributed by atoms with Crippen LogP contribution in [0.1, 0.15) is 44.6 Å². The maximum absolute atomic E-state index is 12.1. The van der Waals surface area contributed by atoms with E-state index < -0.39 is 5.60 Å². The average molecular weight is 341 g/mol. The van der Waals surface area contributed by atoms with Crippen molar-refractivity contribution < 1.29 is 14.3 Å². The number of carbonyl (C=O) groups excluding carboxylic acids is 1. The van der Waals surface area contributed by atoms with E-state index in [9.17, 15) is 4.79 Å². The van der Waals surface area contributed by atoms with Crippen LogP contribution in [-0.2, 0) is 4.74 Å². The molecule has 5 nitrogen and oxygen atoms in total. The SMILES string of the molecule is COc1ccncc1C(Cl)C1CCN(C(=O)OC(C)(C)C)CC1. The van der Waals surface area contributed by atoms with Crippen molar-refractivity contribution >= 4 is 17.7 Å². The fraction of sp³-hybridized carbons (Fsp3) is 0.647. The quantitative estimate of drug-likeness (QED) is 0.780.